The average Bonchev–Trinajstić information content (AvgIpc) is 3.13. The molecule has 4 rings (SSSR count). The van der Waals surface area contributed by atoms with Gasteiger partial charge in [-0.05, 0) is 31.5 Å². The van der Waals surface area contributed by atoms with Gasteiger partial charge < -0.3 is 14.0 Å². The van der Waals surface area contributed by atoms with E-state index in [1.165, 1.54) is 5.69 Å². The summed E-state index contributed by atoms with van der Waals surface area (Å²) in [6, 6.07) is 7.49. The molecule has 0 aliphatic carbocycles. The van der Waals surface area contributed by atoms with E-state index in [0.717, 1.165) is 43.9 Å². The van der Waals surface area contributed by atoms with Crippen molar-refractivity contribution in [1.29, 1.82) is 0 Å². The Morgan fingerprint density at radius 3 is 2.86 bits per heavy atom. The Labute approximate surface area is 165 Å². The van der Waals surface area contributed by atoms with E-state index in [1.807, 2.05) is 50.0 Å². The molecule has 3 aromatic rings. The van der Waals surface area contributed by atoms with Gasteiger partial charge in [0.2, 0.25) is 5.88 Å². The van der Waals surface area contributed by atoms with Crippen molar-refractivity contribution in [3.8, 4) is 17.4 Å². The van der Waals surface area contributed by atoms with Gasteiger partial charge in [0.05, 0.1) is 31.0 Å². The third-order valence-electron chi connectivity index (χ3n) is 5.12. The highest BCUT2D eigenvalue weighted by Crippen LogP contribution is 2.29. The number of rotatable bonds is 6. The third kappa shape index (κ3) is 4.31. The van der Waals surface area contributed by atoms with Gasteiger partial charge in [0.1, 0.15) is 11.5 Å². The largest absolute Gasteiger partial charge is 0.497 e. The molecule has 28 heavy (non-hydrogen) atoms. The Hall–Kier alpha value is -2.93. The molecule has 0 radical (unpaired) electrons. The van der Waals surface area contributed by atoms with Crippen LogP contribution in [0.3, 0.4) is 0 Å². The minimum Gasteiger partial charge on any atom is -0.497 e. The van der Waals surface area contributed by atoms with Crippen LogP contribution in [0.15, 0.2) is 49.2 Å². The first-order chi connectivity index (χ1) is 13.7. The van der Waals surface area contributed by atoms with E-state index in [2.05, 4.69) is 19.4 Å². The summed E-state index contributed by atoms with van der Waals surface area (Å²) >= 11 is 0. The molecule has 0 unspecified atom stereocenters. The second kappa shape index (κ2) is 8.39. The molecular weight excluding hydrogens is 354 g/mol. The Bertz CT molecular complexity index is 926. The predicted molar refractivity (Wildman–Crippen MR) is 106 cm³/mol. The smallest absolute Gasteiger partial charge is 0.238 e. The number of aromatic nitrogens is 4. The molecule has 0 amide bonds. The Morgan fingerprint density at radius 2 is 2.04 bits per heavy atom. The summed E-state index contributed by atoms with van der Waals surface area (Å²) < 4.78 is 13.2. The lowest BCUT2D eigenvalue weighted by atomic mass is 9.95. The fourth-order valence-corrected chi connectivity index (χ4v) is 3.60. The summed E-state index contributed by atoms with van der Waals surface area (Å²) in [7, 11) is 3.68. The normalized spacial score (nSPS) is 17.4. The van der Waals surface area contributed by atoms with Gasteiger partial charge in [-0.1, -0.05) is 6.07 Å². The van der Waals surface area contributed by atoms with Gasteiger partial charge in [-0.15, -0.1) is 0 Å². The van der Waals surface area contributed by atoms with Crippen molar-refractivity contribution in [3.05, 3.63) is 60.6 Å². The van der Waals surface area contributed by atoms with E-state index in [1.54, 1.807) is 13.3 Å². The van der Waals surface area contributed by atoms with E-state index in [9.17, 15) is 0 Å². The fraction of sp³-hybridized carbons (Fsp3) is 0.381. The summed E-state index contributed by atoms with van der Waals surface area (Å²) in [6.07, 6.45) is 9.55. The molecule has 2 aromatic heterocycles. The van der Waals surface area contributed by atoms with Gasteiger partial charge in [0.25, 0.3) is 0 Å². The number of methoxy groups -OCH3 is 1. The minimum atomic E-state index is 0.350. The number of aryl methyl sites for hydroxylation is 1. The number of hydrogen-bond donors (Lipinski definition) is 0. The van der Waals surface area contributed by atoms with E-state index in [4.69, 9.17) is 14.5 Å². The predicted octanol–water partition coefficient (Wildman–Crippen LogP) is 3.39. The average molecular weight is 379 g/mol. The van der Waals surface area contributed by atoms with Crippen LogP contribution in [0.1, 0.15) is 30.1 Å². The molecule has 3 heterocycles. The Kier molecular flexibility index (Phi) is 5.53. The lowest BCUT2D eigenvalue weighted by Crippen LogP contribution is -2.34. The van der Waals surface area contributed by atoms with Crippen LogP contribution >= 0.6 is 0 Å². The highest BCUT2D eigenvalue weighted by Gasteiger charge is 2.23. The summed E-state index contributed by atoms with van der Waals surface area (Å²) in [5, 5.41) is 0. The first-order valence-electron chi connectivity index (χ1n) is 9.52. The number of piperidine rings is 1. The zero-order valence-electron chi connectivity index (χ0n) is 16.3. The first kappa shape index (κ1) is 18.4. The molecule has 1 fully saturated rings. The van der Waals surface area contributed by atoms with Crippen LogP contribution in [0.25, 0.3) is 0 Å². The number of hydrogen-bond acceptors (Lipinski definition) is 6. The van der Waals surface area contributed by atoms with Crippen molar-refractivity contribution in [2.45, 2.75) is 25.3 Å². The van der Waals surface area contributed by atoms with Crippen LogP contribution in [-0.2, 0) is 13.6 Å². The molecular formula is C21H25N5O2. The van der Waals surface area contributed by atoms with Crippen molar-refractivity contribution >= 4 is 0 Å². The van der Waals surface area contributed by atoms with Crippen LogP contribution in [0, 0.1) is 0 Å². The van der Waals surface area contributed by atoms with Crippen molar-refractivity contribution in [2.75, 3.05) is 20.2 Å². The number of nitrogens with zero attached hydrogens (tertiary/aromatic N) is 5. The van der Waals surface area contributed by atoms with Crippen LogP contribution in [0.2, 0.25) is 0 Å². The molecule has 1 atom stereocenters. The summed E-state index contributed by atoms with van der Waals surface area (Å²) in [5.41, 5.74) is 2.21. The maximum Gasteiger partial charge on any atom is 0.238 e. The second-order valence-electron chi connectivity index (χ2n) is 7.13. The molecule has 0 spiro atoms. The zero-order valence-corrected chi connectivity index (χ0v) is 16.3. The molecule has 0 N–H and O–H groups in total. The van der Waals surface area contributed by atoms with Crippen molar-refractivity contribution < 1.29 is 9.47 Å². The zero-order chi connectivity index (χ0) is 19.3. The monoisotopic (exact) mass is 379 g/mol. The fourth-order valence-electron chi connectivity index (χ4n) is 3.60. The summed E-state index contributed by atoms with van der Waals surface area (Å²) in [4.78, 5) is 15.8. The molecule has 0 saturated carbocycles. The molecule has 1 saturated heterocycles. The lowest BCUT2D eigenvalue weighted by Gasteiger charge is -2.32. The minimum absolute atomic E-state index is 0.350. The molecule has 1 aliphatic heterocycles. The standard InChI is InChI=1S/C21H25N5O2/c1-25-15-23-10-17(25)14-26-8-4-5-16(13-26)20-11-22-12-21(24-20)28-19-7-3-6-18(9-19)27-2/h3,6-7,9-12,15-16H,4-5,8,13-14H2,1-2H3/t16-/m0/s1. The quantitative estimate of drug-likeness (QED) is 0.654. The van der Waals surface area contributed by atoms with E-state index < -0.39 is 0 Å². The summed E-state index contributed by atoms with van der Waals surface area (Å²) in [5.74, 6) is 2.30. The van der Waals surface area contributed by atoms with E-state index in [0.29, 0.717) is 17.5 Å². The second-order valence-corrected chi connectivity index (χ2v) is 7.13. The van der Waals surface area contributed by atoms with Gasteiger partial charge in [-0.25, -0.2) is 9.97 Å². The molecule has 7 nitrogen and oxygen atoms in total. The number of likely N-dealkylation sites (tertiary alicyclic amines) is 1. The maximum absolute atomic E-state index is 5.90. The third-order valence-corrected chi connectivity index (χ3v) is 5.12. The molecule has 146 valence electrons. The number of ether oxygens (including phenoxy) is 2. The van der Waals surface area contributed by atoms with Crippen molar-refractivity contribution in [1.82, 2.24) is 24.4 Å². The maximum atomic E-state index is 5.90. The SMILES string of the molecule is COc1cccc(Oc2cncc([C@H]3CCCN(Cc4cncn4C)C3)n2)c1. The molecule has 0 bridgehead atoms. The van der Waals surface area contributed by atoms with Gasteiger partial charge >= 0.3 is 0 Å². The number of imidazole rings is 1. The highest BCUT2D eigenvalue weighted by atomic mass is 16.5. The molecule has 1 aliphatic rings. The first-order valence-corrected chi connectivity index (χ1v) is 9.52. The van der Waals surface area contributed by atoms with E-state index in [-0.39, 0.29) is 0 Å². The van der Waals surface area contributed by atoms with Gasteiger partial charge in [-0.2, -0.15) is 0 Å². The van der Waals surface area contributed by atoms with Crippen LogP contribution in [0.5, 0.6) is 17.4 Å². The number of benzene rings is 1. The van der Waals surface area contributed by atoms with Crippen molar-refractivity contribution in [2.24, 2.45) is 7.05 Å². The van der Waals surface area contributed by atoms with Crippen LogP contribution < -0.4 is 9.47 Å². The summed E-state index contributed by atoms with van der Waals surface area (Å²) in [6.45, 7) is 2.96. The van der Waals surface area contributed by atoms with Gasteiger partial charge in [0, 0.05) is 44.5 Å². The van der Waals surface area contributed by atoms with Gasteiger partial charge in [0.15, 0.2) is 0 Å². The van der Waals surface area contributed by atoms with E-state index >= 15 is 0 Å². The molecule has 1 aromatic carbocycles. The van der Waals surface area contributed by atoms with Gasteiger partial charge in [-0.3, -0.25) is 9.88 Å². The highest BCUT2D eigenvalue weighted by molar-refractivity contribution is 5.35. The van der Waals surface area contributed by atoms with Crippen LogP contribution in [-0.4, -0.2) is 44.6 Å². The molecule has 7 heteroatoms. The lowest BCUT2D eigenvalue weighted by molar-refractivity contribution is 0.194. The van der Waals surface area contributed by atoms with Crippen LogP contribution in [0.4, 0.5) is 0 Å². The van der Waals surface area contributed by atoms with Crippen molar-refractivity contribution in [3.63, 3.8) is 0 Å². The Morgan fingerprint density at radius 1 is 1.14 bits per heavy atom. The Balaban J connectivity index is 1.45. The topological polar surface area (TPSA) is 65.3 Å².